The van der Waals surface area contributed by atoms with E-state index in [2.05, 4.69) is 5.32 Å². The largest absolute Gasteiger partial charge is 0.550 e. The number of halogens is 1. The van der Waals surface area contributed by atoms with E-state index < -0.39 is 35.5 Å². The number of carbonyl (C=O) groups excluding carboxylic acids is 3. The number of anilines is 1. The number of hydrogen-bond donors (Lipinski definition) is 1. The smallest absolute Gasteiger partial charge is 0.341 e. The van der Waals surface area contributed by atoms with Gasteiger partial charge < -0.3 is 20.0 Å². The molecule has 164 valence electrons. The molecule has 1 heterocycles. The van der Waals surface area contributed by atoms with Crippen LogP contribution in [-0.4, -0.2) is 24.5 Å². The molecule has 0 fully saturated rings. The molecule has 0 saturated heterocycles. The highest BCUT2D eigenvalue weighted by Gasteiger charge is 2.32. The van der Waals surface area contributed by atoms with Crippen molar-refractivity contribution in [3.8, 4) is 11.1 Å². The van der Waals surface area contributed by atoms with Crippen molar-refractivity contribution in [3.05, 3.63) is 52.7 Å². The Bertz CT molecular complexity index is 1010. The molecule has 0 spiro atoms. The average Bonchev–Trinajstić information content (AvgIpc) is 3.08. The van der Waals surface area contributed by atoms with Crippen molar-refractivity contribution in [2.45, 2.75) is 33.1 Å². The molecular formula is C23H23FNO5S-. The van der Waals surface area contributed by atoms with E-state index in [0.29, 0.717) is 17.5 Å². The Balaban J connectivity index is 1.99. The van der Waals surface area contributed by atoms with Crippen LogP contribution in [0.3, 0.4) is 0 Å². The number of carbonyl (C=O) groups is 3. The van der Waals surface area contributed by atoms with Crippen LogP contribution in [0.25, 0.3) is 11.1 Å². The van der Waals surface area contributed by atoms with Gasteiger partial charge in [0.05, 0.1) is 12.5 Å². The van der Waals surface area contributed by atoms with E-state index in [1.807, 2.05) is 6.92 Å². The molecule has 3 rings (SSSR count). The van der Waals surface area contributed by atoms with Crippen LogP contribution in [0.5, 0.6) is 0 Å². The van der Waals surface area contributed by atoms with Crippen LogP contribution in [0.4, 0.5) is 9.39 Å². The van der Waals surface area contributed by atoms with Crippen LogP contribution in [0, 0.1) is 24.6 Å². The first-order valence-electron chi connectivity index (χ1n) is 10.1. The van der Waals surface area contributed by atoms with Crippen LogP contribution < -0.4 is 10.4 Å². The van der Waals surface area contributed by atoms with Crippen molar-refractivity contribution >= 4 is 34.2 Å². The van der Waals surface area contributed by atoms with Crippen molar-refractivity contribution < 1.29 is 28.6 Å². The third-order valence-electron chi connectivity index (χ3n) is 5.17. The van der Waals surface area contributed by atoms with Gasteiger partial charge in [-0.25, -0.2) is 9.18 Å². The summed E-state index contributed by atoms with van der Waals surface area (Å²) in [4.78, 5) is 38.0. The number of benzene rings is 1. The predicted molar refractivity (Wildman–Crippen MR) is 114 cm³/mol. The van der Waals surface area contributed by atoms with Crippen LogP contribution in [0.2, 0.25) is 0 Å². The van der Waals surface area contributed by atoms with Gasteiger partial charge in [0.1, 0.15) is 16.4 Å². The average molecular weight is 445 g/mol. The SMILES string of the molecule is CCCOC(=O)c1c(NC(=O)[C@@H]2CC=CC[C@@H]2C(=O)[O-])sc(C)c1-c1ccc(F)cc1. The van der Waals surface area contributed by atoms with Crippen molar-refractivity contribution in [1.29, 1.82) is 0 Å². The topological polar surface area (TPSA) is 95.5 Å². The standard InChI is InChI=1S/C23H24FNO5S/c1-3-12-30-23(29)19-18(14-8-10-15(24)11-9-14)13(2)31-21(19)25-20(26)16-6-4-5-7-17(16)22(27)28/h4-5,8-11,16-17H,3,6-7,12H2,1-2H3,(H,25,26)(H,27,28)/p-1/t16-,17+/m1/s1. The number of hydrogen-bond acceptors (Lipinski definition) is 6. The van der Waals surface area contributed by atoms with E-state index in [9.17, 15) is 23.9 Å². The second kappa shape index (κ2) is 9.87. The summed E-state index contributed by atoms with van der Waals surface area (Å²) < 4.78 is 18.7. The second-order valence-electron chi connectivity index (χ2n) is 7.34. The molecule has 0 saturated carbocycles. The van der Waals surface area contributed by atoms with Gasteiger partial charge in [-0.2, -0.15) is 0 Å². The number of carboxylic acids is 1. The molecule has 0 unspecified atom stereocenters. The Labute approximate surface area is 183 Å². The lowest BCUT2D eigenvalue weighted by molar-refractivity contribution is -0.313. The number of thiophene rings is 1. The predicted octanol–water partition coefficient (Wildman–Crippen LogP) is 3.70. The number of carboxylic acid groups (broad SMARTS) is 1. The zero-order valence-electron chi connectivity index (χ0n) is 17.3. The number of allylic oxidation sites excluding steroid dienone is 2. The number of aryl methyl sites for hydroxylation is 1. The summed E-state index contributed by atoms with van der Waals surface area (Å²) in [7, 11) is 0. The highest BCUT2D eigenvalue weighted by atomic mass is 32.1. The van der Waals surface area contributed by atoms with Gasteiger partial charge in [0, 0.05) is 22.3 Å². The zero-order valence-corrected chi connectivity index (χ0v) is 18.1. The summed E-state index contributed by atoms with van der Waals surface area (Å²) in [5.41, 5.74) is 1.36. The fourth-order valence-corrected chi connectivity index (χ4v) is 4.69. The third kappa shape index (κ3) is 5.02. The molecule has 2 aromatic rings. The minimum atomic E-state index is -1.28. The summed E-state index contributed by atoms with van der Waals surface area (Å²) in [6.45, 7) is 3.87. The van der Waals surface area contributed by atoms with Gasteiger partial charge in [-0.3, -0.25) is 4.79 Å². The molecule has 1 aliphatic rings. The Morgan fingerprint density at radius 2 is 1.81 bits per heavy atom. The zero-order chi connectivity index (χ0) is 22.5. The molecule has 0 radical (unpaired) electrons. The Morgan fingerprint density at radius 3 is 2.42 bits per heavy atom. The molecule has 1 N–H and O–H groups in total. The minimum Gasteiger partial charge on any atom is -0.550 e. The summed E-state index contributed by atoms with van der Waals surface area (Å²) >= 11 is 1.20. The highest BCUT2D eigenvalue weighted by Crippen LogP contribution is 2.41. The first-order valence-corrected chi connectivity index (χ1v) is 10.9. The summed E-state index contributed by atoms with van der Waals surface area (Å²) in [5.74, 6) is -4.50. The normalized spacial score (nSPS) is 17.9. The monoisotopic (exact) mass is 444 g/mol. The molecule has 1 aliphatic carbocycles. The number of esters is 1. The number of ether oxygens (including phenoxy) is 1. The first-order chi connectivity index (χ1) is 14.8. The molecule has 8 heteroatoms. The number of nitrogens with one attached hydrogen (secondary N) is 1. The van der Waals surface area contributed by atoms with Crippen LogP contribution in [-0.2, 0) is 14.3 Å². The molecular weight excluding hydrogens is 421 g/mol. The summed E-state index contributed by atoms with van der Waals surface area (Å²) in [6.07, 6.45) is 4.61. The summed E-state index contributed by atoms with van der Waals surface area (Å²) in [5, 5.41) is 14.5. The molecule has 31 heavy (non-hydrogen) atoms. The maximum atomic E-state index is 13.4. The van der Waals surface area contributed by atoms with E-state index in [1.165, 1.54) is 23.5 Å². The van der Waals surface area contributed by atoms with Gasteiger partial charge in [-0.1, -0.05) is 31.2 Å². The van der Waals surface area contributed by atoms with Gasteiger partial charge in [0.25, 0.3) is 0 Å². The highest BCUT2D eigenvalue weighted by molar-refractivity contribution is 7.17. The molecule has 2 atom stereocenters. The van der Waals surface area contributed by atoms with Crippen molar-refractivity contribution in [3.63, 3.8) is 0 Å². The van der Waals surface area contributed by atoms with Gasteiger partial charge in [-0.05, 0) is 43.9 Å². The fraction of sp³-hybridized carbons (Fsp3) is 0.348. The molecule has 0 aliphatic heterocycles. The summed E-state index contributed by atoms with van der Waals surface area (Å²) in [6, 6.07) is 5.71. The van der Waals surface area contributed by atoms with E-state index in [0.717, 1.165) is 4.88 Å². The lowest BCUT2D eigenvalue weighted by atomic mass is 9.82. The lowest BCUT2D eigenvalue weighted by Crippen LogP contribution is -2.41. The van der Waals surface area contributed by atoms with Crippen molar-refractivity contribution in [2.24, 2.45) is 11.8 Å². The molecule has 1 amide bonds. The van der Waals surface area contributed by atoms with Crippen LogP contribution in [0.1, 0.15) is 41.4 Å². The van der Waals surface area contributed by atoms with Crippen LogP contribution in [0.15, 0.2) is 36.4 Å². The molecule has 1 aromatic heterocycles. The van der Waals surface area contributed by atoms with Crippen molar-refractivity contribution in [1.82, 2.24) is 0 Å². The first kappa shape index (κ1) is 22.7. The maximum Gasteiger partial charge on any atom is 0.341 e. The number of aliphatic carboxylic acids is 1. The fourth-order valence-electron chi connectivity index (χ4n) is 3.63. The molecule has 6 nitrogen and oxygen atoms in total. The number of rotatable bonds is 7. The van der Waals surface area contributed by atoms with E-state index in [4.69, 9.17) is 4.74 Å². The lowest BCUT2D eigenvalue weighted by Gasteiger charge is -2.28. The molecule has 1 aromatic carbocycles. The Morgan fingerprint density at radius 1 is 1.16 bits per heavy atom. The van der Waals surface area contributed by atoms with E-state index in [1.54, 1.807) is 31.2 Å². The molecule has 0 bridgehead atoms. The van der Waals surface area contributed by atoms with Gasteiger partial charge in [-0.15, -0.1) is 11.3 Å². The quantitative estimate of drug-likeness (QED) is 0.519. The van der Waals surface area contributed by atoms with Crippen molar-refractivity contribution in [2.75, 3.05) is 11.9 Å². The Hall–Kier alpha value is -3.00. The minimum absolute atomic E-state index is 0.187. The van der Waals surface area contributed by atoms with Gasteiger partial charge in [0.2, 0.25) is 5.91 Å². The Kier molecular flexibility index (Phi) is 7.22. The van der Waals surface area contributed by atoms with Crippen LogP contribution >= 0.6 is 11.3 Å². The third-order valence-corrected chi connectivity index (χ3v) is 6.19. The van der Waals surface area contributed by atoms with E-state index in [-0.39, 0.29) is 30.0 Å². The van der Waals surface area contributed by atoms with E-state index >= 15 is 0 Å². The van der Waals surface area contributed by atoms with Gasteiger partial charge in [0.15, 0.2) is 0 Å². The van der Waals surface area contributed by atoms with Gasteiger partial charge >= 0.3 is 5.97 Å². The maximum absolute atomic E-state index is 13.4. The number of amides is 1. The second-order valence-corrected chi connectivity index (χ2v) is 8.57.